The van der Waals surface area contributed by atoms with E-state index in [0.29, 0.717) is 12.5 Å². The summed E-state index contributed by atoms with van der Waals surface area (Å²) < 4.78 is 5.62. The number of carbonyl (C=O) groups is 1. The van der Waals surface area contributed by atoms with Crippen LogP contribution in [0.4, 0.5) is 0 Å². The van der Waals surface area contributed by atoms with Gasteiger partial charge in [-0.05, 0) is 58.2 Å². The molecule has 22 heavy (non-hydrogen) atoms. The maximum absolute atomic E-state index is 12.6. The molecule has 1 aliphatic heterocycles. The number of carbonyl (C=O) groups excluding carboxylic acids is 1. The Balaban J connectivity index is 2.02. The van der Waals surface area contributed by atoms with E-state index in [1.54, 1.807) is 0 Å². The first-order valence-electron chi connectivity index (χ1n) is 8.16. The van der Waals surface area contributed by atoms with Crippen LogP contribution in [0.5, 0.6) is 0 Å². The molecule has 1 heterocycles. The SMILES string of the molecule is CC(C)(C)OC(=O)C(NCc1ccccc1)C1CCNCC1. The van der Waals surface area contributed by atoms with Gasteiger partial charge >= 0.3 is 5.97 Å². The highest BCUT2D eigenvalue weighted by Gasteiger charge is 2.32. The summed E-state index contributed by atoms with van der Waals surface area (Å²) >= 11 is 0. The predicted molar refractivity (Wildman–Crippen MR) is 88.5 cm³/mol. The Hall–Kier alpha value is -1.39. The third-order valence-electron chi connectivity index (χ3n) is 3.88. The van der Waals surface area contributed by atoms with Crippen LogP contribution in [0.1, 0.15) is 39.2 Å². The minimum atomic E-state index is -0.448. The molecule has 1 unspecified atom stereocenters. The minimum absolute atomic E-state index is 0.129. The molecule has 4 heteroatoms. The molecule has 122 valence electrons. The van der Waals surface area contributed by atoms with Gasteiger partial charge in [-0.2, -0.15) is 0 Å². The van der Waals surface area contributed by atoms with Crippen LogP contribution in [0.15, 0.2) is 30.3 Å². The lowest BCUT2D eigenvalue weighted by molar-refractivity contribution is -0.159. The van der Waals surface area contributed by atoms with Gasteiger partial charge in [0.1, 0.15) is 11.6 Å². The third kappa shape index (κ3) is 5.43. The average Bonchev–Trinajstić information content (AvgIpc) is 2.48. The Morgan fingerprint density at radius 3 is 2.50 bits per heavy atom. The van der Waals surface area contributed by atoms with E-state index in [9.17, 15) is 4.79 Å². The van der Waals surface area contributed by atoms with Gasteiger partial charge in [0.05, 0.1) is 0 Å². The minimum Gasteiger partial charge on any atom is -0.459 e. The fourth-order valence-corrected chi connectivity index (χ4v) is 2.81. The van der Waals surface area contributed by atoms with Gasteiger partial charge in [0, 0.05) is 6.54 Å². The van der Waals surface area contributed by atoms with Gasteiger partial charge in [0.2, 0.25) is 0 Å². The second-order valence-electron chi connectivity index (χ2n) is 6.97. The van der Waals surface area contributed by atoms with Crippen molar-refractivity contribution >= 4 is 5.97 Å². The van der Waals surface area contributed by atoms with Gasteiger partial charge in [0.25, 0.3) is 0 Å². The van der Waals surface area contributed by atoms with Crippen molar-refractivity contribution in [1.82, 2.24) is 10.6 Å². The van der Waals surface area contributed by atoms with Crippen molar-refractivity contribution in [3.8, 4) is 0 Å². The lowest BCUT2D eigenvalue weighted by Gasteiger charge is -2.32. The number of benzene rings is 1. The normalized spacial score (nSPS) is 18.0. The first-order valence-corrected chi connectivity index (χ1v) is 8.16. The van der Waals surface area contributed by atoms with Gasteiger partial charge in [-0.1, -0.05) is 30.3 Å². The van der Waals surface area contributed by atoms with Crippen molar-refractivity contribution in [2.75, 3.05) is 13.1 Å². The summed E-state index contributed by atoms with van der Waals surface area (Å²) in [6.07, 6.45) is 2.01. The van der Waals surface area contributed by atoms with Crippen LogP contribution in [0.25, 0.3) is 0 Å². The van der Waals surface area contributed by atoms with E-state index in [1.807, 2.05) is 39.0 Å². The molecule has 2 rings (SSSR count). The molecule has 4 nitrogen and oxygen atoms in total. The third-order valence-corrected chi connectivity index (χ3v) is 3.88. The molecule has 1 aliphatic rings. The summed E-state index contributed by atoms with van der Waals surface area (Å²) in [7, 11) is 0. The number of ether oxygens (including phenoxy) is 1. The standard InChI is InChI=1S/C18H28N2O2/c1-18(2,3)22-17(21)16(15-9-11-19-12-10-15)20-13-14-7-5-4-6-8-14/h4-8,15-16,19-20H,9-13H2,1-3H3. The maximum Gasteiger partial charge on any atom is 0.323 e. The lowest BCUT2D eigenvalue weighted by atomic mass is 9.90. The first kappa shape index (κ1) is 17.0. The Morgan fingerprint density at radius 1 is 1.27 bits per heavy atom. The molecule has 1 atom stereocenters. The molecule has 0 bridgehead atoms. The number of rotatable bonds is 5. The van der Waals surface area contributed by atoms with E-state index in [0.717, 1.165) is 25.9 Å². The van der Waals surface area contributed by atoms with Crippen LogP contribution in [-0.4, -0.2) is 30.7 Å². The molecule has 2 N–H and O–H groups in total. The molecule has 0 radical (unpaired) electrons. The van der Waals surface area contributed by atoms with Crippen molar-refractivity contribution in [1.29, 1.82) is 0 Å². The van der Waals surface area contributed by atoms with Gasteiger partial charge in [0.15, 0.2) is 0 Å². The zero-order valence-corrected chi connectivity index (χ0v) is 13.9. The van der Waals surface area contributed by atoms with Crippen LogP contribution < -0.4 is 10.6 Å². The molecular weight excluding hydrogens is 276 g/mol. The van der Waals surface area contributed by atoms with Crippen LogP contribution >= 0.6 is 0 Å². The highest BCUT2D eigenvalue weighted by atomic mass is 16.6. The summed E-state index contributed by atoms with van der Waals surface area (Å²) in [4.78, 5) is 12.6. The van der Waals surface area contributed by atoms with Crippen molar-refractivity contribution in [2.24, 2.45) is 5.92 Å². The molecule has 0 amide bonds. The quantitative estimate of drug-likeness (QED) is 0.821. The first-order chi connectivity index (χ1) is 10.5. The smallest absolute Gasteiger partial charge is 0.323 e. The van der Waals surface area contributed by atoms with E-state index in [4.69, 9.17) is 4.74 Å². The lowest BCUT2D eigenvalue weighted by Crippen LogP contribution is -2.48. The van der Waals surface area contributed by atoms with E-state index in [2.05, 4.69) is 22.8 Å². The summed E-state index contributed by atoms with van der Waals surface area (Å²) in [5.74, 6) is 0.204. The molecule has 0 saturated carbocycles. The molecule has 0 aliphatic carbocycles. The van der Waals surface area contributed by atoms with Crippen molar-refractivity contribution in [3.63, 3.8) is 0 Å². The number of hydrogen-bond acceptors (Lipinski definition) is 4. The zero-order valence-electron chi connectivity index (χ0n) is 13.9. The monoisotopic (exact) mass is 304 g/mol. The summed E-state index contributed by atoms with van der Waals surface area (Å²) in [5.41, 5.74) is 0.737. The molecule has 1 fully saturated rings. The molecule has 1 saturated heterocycles. The Morgan fingerprint density at radius 2 is 1.91 bits per heavy atom. The van der Waals surface area contributed by atoms with Crippen LogP contribution in [0.2, 0.25) is 0 Å². The van der Waals surface area contributed by atoms with Crippen LogP contribution in [0.3, 0.4) is 0 Å². The summed E-state index contributed by atoms with van der Waals surface area (Å²) in [6.45, 7) is 8.38. The van der Waals surface area contributed by atoms with Crippen molar-refractivity contribution in [3.05, 3.63) is 35.9 Å². The maximum atomic E-state index is 12.6. The number of nitrogens with one attached hydrogen (secondary N) is 2. The van der Waals surface area contributed by atoms with Gasteiger partial charge in [-0.15, -0.1) is 0 Å². The fourth-order valence-electron chi connectivity index (χ4n) is 2.81. The predicted octanol–water partition coefficient (Wildman–Crippen LogP) is 2.49. The van der Waals surface area contributed by atoms with Gasteiger partial charge < -0.3 is 15.4 Å². The highest BCUT2D eigenvalue weighted by Crippen LogP contribution is 2.20. The topological polar surface area (TPSA) is 50.4 Å². The number of esters is 1. The average molecular weight is 304 g/mol. The van der Waals surface area contributed by atoms with Crippen LogP contribution in [-0.2, 0) is 16.1 Å². The van der Waals surface area contributed by atoms with Crippen molar-refractivity contribution in [2.45, 2.75) is 51.8 Å². The fraction of sp³-hybridized carbons (Fsp3) is 0.611. The molecule has 0 aromatic heterocycles. The molecule has 1 aromatic carbocycles. The van der Waals surface area contributed by atoms with E-state index in [1.165, 1.54) is 5.56 Å². The Bertz CT molecular complexity index is 462. The summed E-state index contributed by atoms with van der Waals surface area (Å²) in [6, 6.07) is 9.94. The van der Waals surface area contributed by atoms with Crippen LogP contribution in [0, 0.1) is 5.92 Å². The van der Waals surface area contributed by atoms with E-state index < -0.39 is 5.60 Å². The number of piperidine rings is 1. The second-order valence-corrected chi connectivity index (χ2v) is 6.97. The van der Waals surface area contributed by atoms with Gasteiger partial charge in [-0.3, -0.25) is 4.79 Å². The second kappa shape index (κ2) is 7.75. The highest BCUT2D eigenvalue weighted by molar-refractivity contribution is 5.76. The number of hydrogen-bond donors (Lipinski definition) is 2. The summed E-state index contributed by atoms with van der Waals surface area (Å²) in [5, 5.41) is 6.78. The Labute approximate surface area is 133 Å². The van der Waals surface area contributed by atoms with E-state index in [-0.39, 0.29) is 12.0 Å². The molecule has 0 spiro atoms. The Kier molecular flexibility index (Phi) is 5.98. The van der Waals surface area contributed by atoms with Gasteiger partial charge in [-0.25, -0.2) is 0 Å². The molecule has 1 aromatic rings. The molecular formula is C18H28N2O2. The van der Waals surface area contributed by atoms with E-state index >= 15 is 0 Å². The largest absolute Gasteiger partial charge is 0.459 e. The zero-order chi connectivity index (χ0) is 16.0. The van der Waals surface area contributed by atoms with Crippen molar-refractivity contribution < 1.29 is 9.53 Å².